The lowest BCUT2D eigenvalue weighted by molar-refractivity contribution is 0.297. The number of nitrogens with zero attached hydrogens (tertiary/aromatic N) is 1. The second-order valence-electron chi connectivity index (χ2n) is 5.29. The Kier molecular flexibility index (Phi) is 6.91. The molecule has 0 fully saturated rings. The molecule has 4 heteroatoms. The molecule has 0 N–H and O–H groups in total. The summed E-state index contributed by atoms with van der Waals surface area (Å²) in [5.41, 5.74) is 3.51. The third kappa shape index (κ3) is 5.01. The number of ether oxygens (including phenoxy) is 2. The van der Waals surface area contributed by atoms with Crippen molar-refractivity contribution in [2.75, 3.05) is 13.2 Å². The predicted octanol–water partition coefficient (Wildman–Crippen LogP) is 5.07. The molecule has 0 bridgehead atoms. The summed E-state index contributed by atoms with van der Waals surface area (Å²) in [6.07, 6.45) is 7.12. The predicted molar refractivity (Wildman–Crippen MR) is 109 cm³/mol. The van der Waals surface area contributed by atoms with Crippen LogP contribution in [0.5, 0.6) is 11.5 Å². The highest BCUT2D eigenvalue weighted by atomic mass is 127. The van der Waals surface area contributed by atoms with E-state index in [1.54, 1.807) is 0 Å². The minimum atomic E-state index is 0.179. The van der Waals surface area contributed by atoms with E-state index in [1.807, 2.05) is 56.3 Å². The lowest BCUT2D eigenvalue weighted by Gasteiger charge is -2.13. The van der Waals surface area contributed by atoms with Crippen molar-refractivity contribution < 1.29 is 9.47 Å². The second-order valence-corrected chi connectivity index (χ2v) is 6.45. The molecule has 3 nitrogen and oxygen atoms in total. The van der Waals surface area contributed by atoms with Crippen LogP contribution in [0.1, 0.15) is 23.6 Å². The van der Waals surface area contributed by atoms with Gasteiger partial charge in [0, 0.05) is 0 Å². The van der Waals surface area contributed by atoms with Crippen molar-refractivity contribution in [3.8, 4) is 29.9 Å². The first-order valence-electron chi connectivity index (χ1n) is 7.80. The van der Waals surface area contributed by atoms with Gasteiger partial charge in [-0.05, 0) is 65.8 Å². The van der Waals surface area contributed by atoms with Gasteiger partial charge in [0.25, 0.3) is 0 Å². The van der Waals surface area contributed by atoms with Gasteiger partial charge in [-0.25, -0.2) is 0 Å². The van der Waals surface area contributed by atoms with E-state index in [-0.39, 0.29) is 6.61 Å². The van der Waals surface area contributed by atoms with Crippen molar-refractivity contribution in [3.63, 3.8) is 0 Å². The number of rotatable bonds is 6. The fourth-order valence-corrected chi connectivity index (χ4v) is 3.05. The van der Waals surface area contributed by atoms with Crippen LogP contribution in [0.4, 0.5) is 0 Å². The maximum Gasteiger partial charge on any atom is 0.175 e. The first kappa shape index (κ1) is 18.9. The molecule has 0 saturated carbocycles. The Labute approximate surface area is 162 Å². The van der Waals surface area contributed by atoms with Gasteiger partial charge in [0.2, 0.25) is 0 Å². The highest BCUT2D eigenvalue weighted by Gasteiger charge is 2.12. The summed E-state index contributed by atoms with van der Waals surface area (Å²) >= 11 is 2.18. The van der Waals surface area contributed by atoms with E-state index in [0.29, 0.717) is 23.7 Å². The van der Waals surface area contributed by atoms with Gasteiger partial charge in [-0.2, -0.15) is 5.26 Å². The number of terminal acetylenes is 1. The van der Waals surface area contributed by atoms with Crippen LogP contribution in [0.3, 0.4) is 0 Å². The lowest BCUT2D eigenvalue weighted by Crippen LogP contribution is -2.01. The van der Waals surface area contributed by atoms with Crippen LogP contribution in [0.15, 0.2) is 36.4 Å². The van der Waals surface area contributed by atoms with Gasteiger partial charge in [0.1, 0.15) is 6.61 Å². The zero-order valence-electron chi connectivity index (χ0n) is 14.2. The van der Waals surface area contributed by atoms with Crippen LogP contribution in [0.25, 0.3) is 11.6 Å². The molecule has 0 saturated heterocycles. The third-order valence-electron chi connectivity index (χ3n) is 3.43. The van der Waals surface area contributed by atoms with Gasteiger partial charge < -0.3 is 9.47 Å². The van der Waals surface area contributed by atoms with E-state index in [9.17, 15) is 5.26 Å². The van der Waals surface area contributed by atoms with Gasteiger partial charge in [0.15, 0.2) is 11.5 Å². The van der Waals surface area contributed by atoms with Crippen molar-refractivity contribution in [2.45, 2.75) is 13.8 Å². The van der Waals surface area contributed by atoms with Gasteiger partial charge in [-0.15, -0.1) is 6.42 Å². The minimum Gasteiger partial charge on any atom is -0.490 e. The smallest absolute Gasteiger partial charge is 0.175 e. The fourth-order valence-electron chi connectivity index (χ4n) is 2.27. The van der Waals surface area contributed by atoms with Crippen molar-refractivity contribution in [1.82, 2.24) is 0 Å². The van der Waals surface area contributed by atoms with Crippen molar-refractivity contribution in [3.05, 3.63) is 56.7 Å². The Morgan fingerprint density at radius 2 is 1.96 bits per heavy atom. The molecule has 2 aromatic carbocycles. The molecule has 126 valence electrons. The SMILES string of the molecule is C#CCOc1c(I)cc(/C=C(\C#N)c2ccc(C)cc2)cc1OCC. The van der Waals surface area contributed by atoms with E-state index in [1.165, 1.54) is 0 Å². The average molecular weight is 443 g/mol. The van der Waals surface area contributed by atoms with Crippen molar-refractivity contribution in [2.24, 2.45) is 0 Å². The molecule has 0 aliphatic heterocycles. The van der Waals surface area contributed by atoms with E-state index in [0.717, 1.165) is 20.3 Å². The van der Waals surface area contributed by atoms with Crippen LogP contribution in [-0.2, 0) is 0 Å². The van der Waals surface area contributed by atoms with Crippen molar-refractivity contribution >= 4 is 34.2 Å². The highest BCUT2D eigenvalue weighted by Crippen LogP contribution is 2.35. The second kappa shape index (κ2) is 9.15. The van der Waals surface area contributed by atoms with Crippen LogP contribution >= 0.6 is 22.6 Å². The summed E-state index contributed by atoms with van der Waals surface area (Å²) in [4.78, 5) is 0. The maximum absolute atomic E-state index is 9.52. The van der Waals surface area contributed by atoms with E-state index in [2.05, 4.69) is 34.6 Å². The third-order valence-corrected chi connectivity index (χ3v) is 4.23. The van der Waals surface area contributed by atoms with Gasteiger partial charge in [0.05, 0.1) is 21.8 Å². The van der Waals surface area contributed by atoms with E-state index < -0.39 is 0 Å². The van der Waals surface area contributed by atoms with Gasteiger partial charge in [-0.3, -0.25) is 0 Å². The summed E-state index contributed by atoms with van der Waals surface area (Å²) in [5, 5.41) is 9.52. The fraction of sp³-hybridized carbons (Fsp3) is 0.190. The monoisotopic (exact) mass is 443 g/mol. The van der Waals surface area contributed by atoms with E-state index >= 15 is 0 Å². The molecule has 0 heterocycles. The molecule has 0 amide bonds. The van der Waals surface area contributed by atoms with Crippen LogP contribution < -0.4 is 9.47 Å². The number of hydrogen-bond donors (Lipinski definition) is 0. The average Bonchev–Trinajstić information content (AvgIpc) is 2.60. The summed E-state index contributed by atoms with van der Waals surface area (Å²) in [7, 11) is 0. The quantitative estimate of drug-likeness (QED) is 0.271. The van der Waals surface area contributed by atoms with Gasteiger partial charge in [-0.1, -0.05) is 35.7 Å². The normalized spacial score (nSPS) is 10.7. The number of hydrogen-bond acceptors (Lipinski definition) is 3. The summed E-state index contributed by atoms with van der Waals surface area (Å²) < 4.78 is 12.2. The highest BCUT2D eigenvalue weighted by molar-refractivity contribution is 14.1. The summed E-state index contributed by atoms with van der Waals surface area (Å²) in [6, 6.07) is 14.0. The topological polar surface area (TPSA) is 42.2 Å². The Hall–Kier alpha value is -2.44. The molecule has 0 spiro atoms. The molecule has 0 aromatic heterocycles. The van der Waals surface area contributed by atoms with E-state index in [4.69, 9.17) is 15.9 Å². The Bertz CT molecular complexity index is 855. The molecule has 0 aliphatic rings. The van der Waals surface area contributed by atoms with Crippen LogP contribution in [-0.4, -0.2) is 13.2 Å². The van der Waals surface area contributed by atoms with Crippen LogP contribution in [0.2, 0.25) is 0 Å². The Morgan fingerprint density at radius 1 is 1.24 bits per heavy atom. The number of allylic oxidation sites excluding steroid dienone is 1. The number of nitriles is 1. The van der Waals surface area contributed by atoms with Gasteiger partial charge >= 0.3 is 0 Å². The number of benzene rings is 2. The largest absolute Gasteiger partial charge is 0.490 e. The number of halogens is 1. The van der Waals surface area contributed by atoms with Crippen LogP contribution in [0, 0.1) is 34.2 Å². The standard InChI is InChI=1S/C21H18INO2/c1-4-10-25-21-19(22)12-16(13-20(21)24-5-2)11-18(14-23)17-8-6-15(3)7-9-17/h1,6-9,11-13H,5,10H2,2-3H3/b18-11+. The molecule has 0 atom stereocenters. The molecule has 0 aliphatic carbocycles. The summed E-state index contributed by atoms with van der Waals surface area (Å²) in [6.45, 7) is 4.62. The molecule has 2 aromatic rings. The first-order valence-corrected chi connectivity index (χ1v) is 8.88. The lowest BCUT2D eigenvalue weighted by atomic mass is 10.0. The zero-order chi connectivity index (χ0) is 18.2. The Morgan fingerprint density at radius 3 is 2.56 bits per heavy atom. The molecule has 0 unspecified atom stereocenters. The number of aryl methyl sites for hydroxylation is 1. The molecular weight excluding hydrogens is 425 g/mol. The minimum absolute atomic E-state index is 0.179. The summed E-state index contributed by atoms with van der Waals surface area (Å²) in [5.74, 6) is 3.71. The van der Waals surface area contributed by atoms with Crippen molar-refractivity contribution in [1.29, 1.82) is 5.26 Å². The zero-order valence-corrected chi connectivity index (χ0v) is 16.3. The Balaban J connectivity index is 2.45. The molecule has 0 radical (unpaired) electrons. The first-order chi connectivity index (χ1) is 12.1. The maximum atomic E-state index is 9.52. The molecular formula is C21H18INO2. The molecule has 2 rings (SSSR count). The molecule has 25 heavy (non-hydrogen) atoms.